The van der Waals surface area contributed by atoms with E-state index in [1.165, 1.54) is 29.2 Å². The van der Waals surface area contributed by atoms with Gasteiger partial charge in [-0.1, -0.05) is 36.9 Å². The van der Waals surface area contributed by atoms with Crippen molar-refractivity contribution in [2.24, 2.45) is 0 Å². The number of nitrogens with zero attached hydrogens (tertiary/aromatic N) is 1. The van der Waals surface area contributed by atoms with Gasteiger partial charge in [0.25, 0.3) is 11.7 Å². The predicted molar refractivity (Wildman–Crippen MR) is 93.4 cm³/mol. The number of aliphatic carboxylic acids is 1. The number of amides is 1. The van der Waals surface area contributed by atoms with Crippen molar-refractivity contribution in [3.63, 3.8) is 0 Å². The Balaban J connectivity index is 1.88. The maximum Gasteiger partial charge on any atom is 0.334 e. The van der Waals surface area contributed by atoms with Crippen LogP contribution in [0.25, 0.3) is 0 Å². The third-order valence-corrected chi connectivity index (χ3v) is 5.06. The van der Waals surface area contributed by atoms with Crippen LogP contribution in [0.3, 0.4) is 0 Å². The monoisotopic (exact) mass is 369 g/mol. The van der Waals surface area contributed by atoms with Crippen molar-refractivity contribution in [2.75, 3.05) is 18.6 Å². The summed E-state index contributed by atoms with van der Waals surface area (Å²) >= 11 is 0. The van der Waals surface area contributed by atoms with E-state index < -0.39 is 29.1 Å². The Bertz CT molecular complexity index is 973. The largest absolute Gasteiger partial charge is 0.478 e. The van der Waals surface area contributed by atoms with Gasteiger partial charge in [-0.05, 0) is 23.8 Å². The van der Waals surface area contributed by atoms with Crippen LogP contribution in [0.2, 0.25) is 0 Å². The van der Waals surface area contributed by atoms with Crippen molar-refractivity contribution in [3.05, 3.63) is 77.6 Å². The summed E-state index contributed by atoms with van der Waals surface area (Å²) in [7, 11) is 1.59. The van der Waals surface area contributed by atoms with Crippen LogP contribution in [0.5, 0.6) is 0 Å². The summed E-state index contributed by atoms with van der Waals surface area (Å²) in [4.78, 5) is 26.1. The second-order valence-corrected chi connectivity index (χ2v) is 6.51. The van der Waals surface area contributed by atoms with Gasteiger partial charge in [0, 0.05) is 12.6 Å². The van der Waals surface area contributed by atoms with Crippen LogP contribution in [0.4, 0.5) is 10.1 Å². The van der Waals surface area contributed by atoms with Crippen LogP contribution in [0.15, 0.2) is 60.7 Å². The van der Waals surface area contributed by atoms with E-state index in [0.717, 1.165) is 0 Å². The Hall–Kier alpha value is -3.03. The smallest absolute Gasteiger partial charge is 0.334 e. The zero-order valence-electron chi connectivity index (χ0n) is 14.4. The minimum atomic E-state index is -1.78. The number of ether oxygens (including phenoxy) is 2. The van der Waals surface area contributed by atoms with E-state index in [4.69, 9.17) is 9.47 Å². The molecule has 6 nitrogen and oxygen atoms in total. The molecule has 0 saturated carbocycles. The lowest BCUT2D eigenvalue weighted by molar-refractivity contribution is -0.195. The molecule has 1 amide bonds. The van der Waals surface area contributed by atoms with E-state index in [0.29, 0.717) is 16.8 Å². The van der Waals surface area contributed by atoms with Gasteiger partial charge in [0.2, 0.25) is 0 Å². The number of carbonyl (C=O) groups excluding carboxylic acids is 1. The van der Waals surface area contributed by atoms with Gasteiger partial charge < -0.3 is 19.5 Å². The summed E-state index contributed by atoms with van der Waals surface area (Å²) in [6.45, 7) is 3.39. The summed E-state index contributed by atoms with van der Waals surface area (Å²) < 4.78 is 25.4. The normalized spacial score (nSPS) is 26.4. The standard InChI is InChI=1S/C20H16FNO5/c1-12(17(23)24)19(13-7-9-14(21)10-8-13)11-26-20(27-19)15-5-3-4-6-16(15)22(2)18(20)25/h3-10H,1,11H2,2H3,(H,23,24)/t19-,20-/m0/s1. The van der Waals surface area contributed by atoms with Crippen molar-refractivity contribution in [3.8, 4) is 0 Å². The molecule has 138 valence electrons. The lowest BCUT2D eigenvalue weighted by Crippen LogP contribution is -2.42. The molecule has 0 aromatic heterocycles. The van der Waals surface area contributed by atoms with Crippen molar-refractivity contribution >= 4 is 17.6 Å². The molecule has 1 fully saturated rings. The predicted octanol–water partition coefficient (Wildman–Crippen LogP) is 2.54. The first-order valence-corrected chi connectivity index (χ1v) is 8.22. The fourth-order valence-electron chi connectivity index (χ4n) is 3.59. The van der Waals surface area contributed by atoms with Gasteiger partial charge in [-0.2, -0.15) is 0 Å². The Labute approximate surface area is 154 Å². The molecule has 4 rings (SSSR count). The summed E-state index contributed by atoms with van der Waals surface area (Å²) in [6, 6.07) is 12.2. The van der Waals surface area contributed by atoms with Gasteiger partial charge in [0.1, 0.15) is 5.82 Å². The van der Waals surface area contributed by atoms with E-state index >= 15 is 0 Å². The van der Waals surface area contributed by atoms with Gasteiger partial charge in [-0.25, -0.2) is 9.18 Å². The highest BCUT2D eigenvalue weighted by atomic mass is 19.1. The third kappa shape index (κ3) is 2.25. The van der Waals surface area contributed by atoms with Crippen molar-refractivity contribution in [1.82, 2.24) is 0 Å². The summed E-state index contributed by atoms with van der Waals surface area (Å²) in [6.07, 6.45) is 0. The fourth-order valence-corrected chi connectivity index (χ4v) is 3.59. The fraction of sp³-hybridized carbons (Fsp3) is 0.200. The molecule has 0 radical (unpaired) electrons. The number of hydrogen-bond acceptors (Lipinski definition) is 4. The summed E-state index contributed by atoms with van der Waals surface area (Å²) in [5.41, 5.74) is -0.495. The van der Waals surface area contributed by atoms with Gasteiger partial charge in [0.15, 0.2) is 5.60 Å². The molecule has 2 aromatic rings. The molecule has 2 aliphatic heterocycles. The van der Waals surface area contributed by atoms with E-state index in [1.54, 1.807) is 31.3 Å². The van der Waals surface area contributed by atoms with Crippen LogP contribution in [0.1, 0.15) is 11.1 Å². The lowest BCUT2D eigenvalue weighted by atomic mass is 9.87. The molecule has 1 N–H and O–H groups in total. The lowest BCUT2D eigenvalue weighted by Gasteiger charge is -2.30. The number of halogens is 1. The van der Waals surface area contributed by atoms with Crippen LogP contribution < -0.4 is 4.90 Å². The molecule has 1 spiro atoms. The first kappa shape index (κ1) is 17.4. The van der Waals surface area contributed by atoms with E-state index in [1.807, 2.05) is 0 Å². The number of likely N-dealkylation sites (N-methyl/N-ethyl adjacent to an activating group) is 1. The van der Waals surface area contributed by atoms with E-state index in [2.05, 4.69) is 6.58 Å². The van der Waals surface area contributed by atoms with Crippen molar-refractivity contribution in [2.45, 2.75) is 11.4 Å². The number of para-hydroxylation sites is 1. The summed E-state index contributed by atoms with van der Waals surface area (Å²) in [5.74, 6) is -4.03. The minimum absolute atomic E-state index is 0.252. The van der Waals surface area contributed by atoms with E-state index in [-0.39, 0.29) is 12.2 Å². The Morgan fingerprint density at radius 1 is 1.22 bits per heavy atom. The zero-order valence-corrected chi connectivity index (χ0v) is 14.4. The molecule has 7 heteroatoms. The molecule has 0 unspecified atom stereocenters. The number of hydrogen-bond donors (Lipinski definition) is 1. The van der Waals surface area contributed by atoms with Crippen molar-refractivity contribution < 1.29 is 28.6 Å². The number of benzene rings is 2. The number of anilines is 1. The van der Waals surface area contributed by atoms with Gasteiger partial charge in [-0.3, -0.25) is 4.79 Å². The second kappa shape index (κ2) is 5.73. The van der Waals surface area contributed by atoms with Crippen LogP contribution in [-0.2, 0) is 30.5 Å². The minimum Gasteiger partial charge on any atom is -0.478 e. The quantitative estimate of drug-likeness (QED) is 0.842. The SMILES string of the molecule is C=C(C(=O)O)[C@]1(c2ccc(F)cc2)CO[C@@]2(O1)C(=O)N(C)c1ccccc12. The average Bonchev–Trinajstić information content (AvgIpc) is 3.17. The van der Waals surface area contributed by atoms with Crippen LogP contribution in [0, 0.1) is 5.82 Å². The van der Waals surface area contributed by atoms with Gasteiger partial charge in [0.05, 0.1) is 17.9 Å². The average molecular weight is 369 g/mol. The van der Waals surface area contributed by atoms with E-state index in [9.17, 15) is 19.1 Å². The molecule has 27 heavy (non-hydrogen) atoms. The molecule has 1 saturated heterocycles. The molecule has 2 aliphatic rings. The highest BCUT2D eigenvalue weighted by molar-refractivity contribution is 6.06. The Kier molecular flexibility index (Phi) is 3.69. The first-order chi connectivity index (χ1) is 12.8. The Morgan fingerprint density at radius 3 is 2.56 bits per heavy atom. The van der Waals surface area contributed by atoms with Crippen LogP contribution in [-0.4, -0.2) is 30.6 Å². The summed E-state index contributed by atoms with van der Waals surface area (Å²) in [5, 5.41) is 9.56. The van der Waals surface area contributed by atoms with Crippen molar-refractivity contribution in [1.29, 1.82) is 0 Å². The third-order valence-electron chi connectivity index (χ3n) is 5.06. The highest BCUT2D eigenvalue weighted by Gasteiger charge is 2.63. The van der Waals surface area contributed by atoms with Gasteiger partial charge >= 0.3 is 5.97 Å². The molecule has 2 heterocycles. The molecule has 2 atom stereocenters. The van der Waals surface area contributed by atoms with Gasteiger partial charge in [-0.15, -0.1) is 0 Å². The number of carbonyl (C=O) groups is 2. The number of rotatable bonds is 3. The van der Waals surface area contributed by atoms with Crippen LogP contribution >= 0.6 is 0 Å². The maximum atomic E-state index is 13.4. The number of carboxylic acids is 1. The molecule has 2 aromatic carbocycles. The zero-order chi connectivity index (χ0) is 19.4. The Morgan fingerprint density at radius 2 is 1.89 bits per heavy atom. The highest BCUT2D eigenvalue weighted by Crippen LogP contribution is 2.53. The molecule has 0 aliphatic carbocycles. The molecular formula is C20H16FNO5. The topological polar surface area (TPSA) is 76.1 Å². The number of fused-ring (bicyclic) bond motifs is 2. The first-order valence-electron chi connectivity index (χ1n) is 8.22. The maximum absolute atomic E-state index is 13.4. The number of carboxylic acid groups (broad SMARTS) is 1. The second-order valence-electron chi connectivity index (χ2n) is 6.51. The molecular weight excluding hydrogens is 353 g/mol. The molecule has 0 bridgehead atoms.